The Morgan fingerprint density at radius 2 is 2.00 bits per heavy atom. The van der Waals surface area contributed by atoms with Gasteiger partial charge in [0.15, 0.2) is 5.82 Å². The van der Waals surface area contributed by atoms with Crippen molar-refractivity contribution in [1.29, 1.82) is 0 Å². The smallest absolute Gasteiger partial charge is 0.253 e. The fraction of sp³-hybridized carbons (Fsp3) is 0.565. The highest BCUT2D eigenvalue weighted by molar-refractivity contribution is 5.82. The largest absolute Gasteiger partial charge is 0.321 e. The van der Waals surface area contributed by atoms with Crippen molar-refractivity contribution in [1.82, 2.24) is 30.1 Å². The minimum atomic E-state index is -0.225. The zero-order chi connectivity index (χ0) is 20.7. The molecule has 1 N–H and O–H groups in total. The first-order chi connectivity index (χ1) is 14.6. The lowest BCUT2D eigenvalue weighted by Crippen LogP contribution is -2.41. The van der Waals surface area contributed by atoms with E-state index in [-0.39, 0.29) is 11.6 Å². The minimum Gasteiger partial charge on any atom is -0.321 e. The molecule has 2 aliphatic rings. The van der Waals surface area contributed by atoms with Gasteiger partial charge in [-0.1, -0.05) is 38.0 Å². The molecule has 2 atom stereocenters. The monoisotopic (exact) mass is 406 g/mol. The molecule has 1 saturated heterocycles. The highest BCUT2D eigenvalue weighted by Crippen LogP contribution is 2.35. The van der Waals surface area contributed by atoms with Gasteiger partial charge in [-0.05, 0) is 72.5 Å². The van der Waals surface area contributed by atoms with Gasteiger partial charge in [-0.25, -0.2) is 4.68 Å². The van der Waals surface area contributed by atoms with Gasteiger partial charge >= 0.3 is 0 Å². The standard InChI is InChI=1S/C23H30N6O/c1-15-7-6-12-28(14-15)21(22-25-26-27-29(22)18-10-3-4-11-18)19-13-17-9-5-8-16(2)20(17)24-23(19)30/h5,8-9,13,15,18,21H,3-4,6-7,10-12,14H2,1-2H3,(H,24,30)/t15-,21+/m1/s1. The van der Waals surface area contributed by atoms with E-state index in [4.69, 9.17) is 0 Å². The van der Waals surface area contributed by atoms with Gasteiger partial charge in [0.2, 0.25) is 0 Å². The number of pyridine rings is 1. The van der Waals surface area contributed by atoms with Crippen LogP contribution in [0.25, 0.3) is 10.9 Å². The summed E-state index contributed by atoms with van der Waals surface area (Å²) in [5.74, 6) is 1.41. The van der Waals surface area contributed by atoms with E-state index in [2.05, 4.69) is 44.5 Å². The Hall–Kier alpha value is -2.54. The molecule has 3 aromatic rings. The fourth-order valence-corrected chi connectivity index (χ4v) is 5.35. The number of H-pyrrole nitrogens is 1. The molecule has 1 aliphatic carbocycles. The van der Waals surface area contributed by atoms with E-state index < -0.39 is 0 Å². The topological polar surface area (TPSA) is 79.7 Å². The van der Waals surface area contributed by atoms with Gasteiger partial charge in [-0.3, -0.25) is 9.69 Å². The van der Waals surface area contributed by atoms with Gasteiger partial charge in [0, 0.05) is 12.1 Å². The predicted molar refractivity (Wildman–Crippen MR) is 116 cm³/mol. The van der Waals surface area contributed by atoms with Crippen molar-refractivity contribution in [3.8, 4) is 0 Å². The van der Waals surface area contributed by atoms with Crippen LogP contribution >= 0.6 is 0 Å². The molecule has 2 aromatic heterocycles. The lowest BCUT2D eigenvalue weighted by Gasteiger charge is -2.36. The maximum atomic E-state index is 13.3. The molecule has 0 amide bonds. The van der Waals surface area contributed by atoms with Gasteiger partial charge in [-0.15, -0.1) is 5.10 Å². The number of nitrogens with one attached hydrogen (secondary N) is 1. The first-order valence-electron chi connectivity index (χ1n) is 11.3. The van der Waals surface area contributed by atoms with Crippen LogP contribution in [-0.2, 0) is 0 Å². The number of rotatable bonds is 4. The molecule has 158 valence electrons. The van der Waals surface area contributed by atoms with E-state index in [1.807, 2.05) is 23.7 Å². The summed E-state index contributed by atoms with van der Waals surface area (Å²) in [7, 11) is 0. The van der Waals surface area contributed by atoms with Crippen LogP contribution in [0.5, 0.6) is 0 Å². The molecule has 0 radical (unpaired) electrons. The number of para-hydroxylation sites is 1. The summed E-state index contributed by atoms with van der Waals surface area (Å²) >= 11 is 0. The molecule has 7 heteroatoms. The summed E-state index contributed by atoms with van der Waals surface area (Å²) in [6.45, 7) is 6.23. The quantitative estimate of drug-likeness (QED) is 0.714. The van der Waals surface area contributed by atoms with Crippen molar-refractivity contribution in [3.05, 3.63) is 51.6 Å². The Kier molecular flexibility index (Phi) is 5.15. The molecule has 3 heterocycles. The Morgan fingerprint density at radius 3 is 2.80 bits per heavy atom. The van der Waals surface area contributed by atoms with Crippen LogP contribution < -0.4 is 5.56 Å². The molecule has 0 bridgehead atoms. The average Bonchev–Trinajstić information content (AvgIpc) is 3.41. The van der Waals surface area contributed by atoms with Crippen molar-refractivity contribution >= 4 is 10.9 Å². The minimum absolute atomic E-state index is 0.0407. The Morgan fingerprint density at radius 1 is 1.17 bits per heavy atom. The molecule has 1 aliphatic heterocycles. The second kappa shape index (κ2) is 7.95. The third-order valence-electron chi connectivity index (χ3n) is 6.90. The van der Waals surface area contributed by atoms with Crippen LogP contribution in [0, 0.1) is 12.8 Å². The highest BCUT2D eigenvalue weighted by atomic mass is 16.1. The maximum Gasteiger partial charge on any atom is 0.253 e. The molecular weight excluding hydrogens is 376 g/mol. The van der Waals surface area contributed by atoms with Gasteiger partial charge < -0.3 is 4.98 Å². The molecule has 30 heavy (non-hydrogen) atoms. The first kappa shape index (κ1) is 19.4. The van der Waals surface area contributed by atoms with Crippen LogP contribution in [0.2, 0.25) is 0 Å². The summed E-state index contributed by atoms with van der Waals surface area (Å²) in [4.78, 5) is 18.9. The molecule has 0 spiro atoms. The van der Waals surface area contributed by atoms with Crippen molar-refractivity contribution in [2.24, 2.45) is 5.92 Å². The summed E-state index contributed by atoms with van der Waals surface area (Å²) in [6, 6.07) is 8.30. The summed E-state index contributed by atoms with van der Waals surface area (Å²) in [5, 5.41) is 14.0. The van der Waals surface area contributed by atoms with Gasteiger partial charge in [-0.2, -0.15) is 0 Å². The fourth-order valence-electron chi connectivity index (χ4n) is 5.35. The molecule has 7 nitrogen and oxygen atoms in total. The van der Waals surface area contributed by atoms with Crippen molar-refractivity contribution < 1.29 is 0 Å². The lowest BCUT2D eigenvalue weighted by molar-refractivity contribution is 0.139. The molecule has 0 unspecified atom stereocenters. The normalized spacial score (nSPS) is 22.0. The van der Waals surface area contributed by atoms with Gasteiger partial charge in [0.1, 0.15) is 6.04 Å². The van der Waals surface area contributed by atoms with Crippen molar-refractivity contribution in [2.75, 3.05) is 13.1 Å². The lowest BCUT2D eigenvalue weighted by atomic mass is 9.95. The number of aromatic nitrogens is 5. The Bertz CT molecular complexity index is 1100. The second-order valence-electron chi connectivity index (χ2n) is 9.16. The summed E-state index contributed by atoms with van der Waals surface area (Å²) in [5.41, 5.74) is 2.69. The average molecular weight is 407 g/mol. The number of hydrogen-bond donors (Lipinski definition) is 1. The van der Waals surface area contributed by atoms with E-state index in [0.717, 1.165) is 60.2 Å². The first-order valence-corrected chi connectivity index (χ1v) is 11.3. The maximum absolute atomic E-state index is 13.3. The molecular formula is C23H30N6O. The van der Waals surface area contributed by atoms with Crippen LogP contribution in [-0.4, -0.2) is 43.2 Å². The predicted octanol–water partition coefficient (Wildman–Crippen LogP) is 3.76. The number of aryl methyl sites for hydroxylation is 1. The number of fused-ring (bicyclic) bond motifs is 1. The second-order valence-corrected chi connectivity index (χ2v) is 9.16. The van der Waals surface area contributed by atoms with Gasteiger partial charge in [0.25, 0.3) is 5.56 Å². The zero-order valence-electron chi connectivity index (χ0n) is 17.8. The molecule has 2 fully saturated rings. The number of benzene rings is 1. The Balaban J connectivity index is 1.66. The van der Waals surface area contributed by atoms with Crippen LogP contribution in [0.3, 0.4) is 0 Å². The van der Waals surface area contributed by atoms with E-state index in [1.165, 1.54) is 19.3 Å². The third-order valence-corrected chi connectivity index (χ3v) is 6.90. The number of likely N-dealkylation sites (tertiary alicyclic amines) is 1. The third kappa shape index (κ3) is 3.45. The van der Waals surface area contributed by atoms with Crippen LogP contribution in [0.15, 0.2) is 29.1 Å². The van der Waals surface area contributed by atoms with Gasteiger partial charge in [0.05, 0.1) is 11.6 Å². The number of nitrogens with zero attached hydrogens (tertiary/aromatic N) is 5. The zero-order valence-corrected chi connectivity index (χ0v) is 17.8. The van der Waals surface area contributed by atoms with Crippen LogP contribution in [0.4, 0.5) is 0 Å². The number of piperidine rings is 1. The summed E-state index contributed by atoms with van der Waals surface area (Å²) in [6.07, 6.45) is 7.00. The van der Waals surface area contributed by atoms with Crippen molar-refractivity contribution in [2.45, 2.75) is 64.5 Å². The van der Waals surface area contributed by atoms with E-state index in [1.54, 1.807) is 0 Å². The SMILES string of the molecule is Cc1cccc2cc([C@@H](c3nnnn3C3CCCC3)N3CCC[C@@H](C)C3)c(=O)[nH]c12. The summed E-state index contributed by atoms with van der Waals surface area (Å²) < 4.78 is 2.01. The number of aromatic amines is 1. The van der Waals surface area contributed by atoms with E-state index in [9.17, 15) is 4.79 Å². The number of hydrogen-bond acceptors (Lipinski definition) is 5. The Labute approximate surface area is 176 Å². The van der Waals surface area contributed by atoms with E-state index in [0.29, 0.717) is 12.0 Å². The highest BCUT2D eigenvalue weighted by Gasteiger charge is 2.34. The number of tetrazole rings is 1. The van der Waals surface area contributed by atoms with E-state index >= 15 is 0 Å². The molecule has 1 aromatic carbocycles. The molecule has 5 rings (SSSR count). The van der Waals surface area contributed by atoms with Crippen LogP contribution in [0.1, 0.15) is 74.5 Å². The molecule has 1 saturated carbocycles. The van der Waals surface area contributed by atoms with Crippen molar-refractivity contribution in [3.63, 3.8) is 0 Å².